The van der Waals surface area contributed by atoms with Crippen LogP contribution >= 0.6 is 0 Å². The van der Waals surface area contributed by atoms with Gasteiger partial charge in [-0.2, -0.15) is 0 Å². The van der Waals surface area contributed by atoms with Crippen LogP contribution in [-0.2, 0) is 15.0 Å². The van der Waals surface area contributed by atoms with E-state index in [0.717, 1.165) is 45.1 Å². The standard InChI is InChI=1S/C22H28N2O2/c1-22-11-12-23(2)18(13-22)19(16-5-3-4-6-17(16)22)24(20(25)14-7-8-14)21(26)15-9-10-15/h3-6,14-15,18-19H,7-13H2,1-2H3/t18?,19-,22?/m1/s1. The largest absolute Gasteiger partial charge is 0.301 e. The van der Waals surface area contributed by atoms with E-state index in [2.05, 4.69) is 43.1 Å². The van der Waals surface area contributed by atoms with Crippen molar-refractivity contribution in [2.24, 2.45) is 11.8 Å². The molecule has 138 valence electrons. The van der Waals surface area contributed by atoms with Gasteiger partial charge in [-0.25, -0.2) is 0 Å². The van der Waals surface area contributed by atoms with Crippen molar-refractivity contribution in [1.29, 1.82) is 0 Å². The van der Waals surface area contributed by atoms with Crippen molar-refractivity contribution in [2.75, 3.05) is 13.6 Å². The van der Waals surface area contributed by atoms with Gasteiger partial charge in [-0.3, -0.25) is 14.5 Å². The van der Waals surface area contributed by atoms with E-state index >= 15 is 0 Å². The second-order valence-corrected chi connectivity index (χ2v) is 9.19. The van der Waals surface area contributed by atoms with Gasteiger partial charge >= 0.3 is 0 Å². The maximum atomic E-state index is 13.2. The SMILES string of the molecule is CN1CCC2(C)CC1[C@H](N(C(=O)C1CC1)C(=O)C1CC1)c1ccccc12. The van der Waals surface area contributed by atoms with Gasteiger partial charge in [-0.05, 0) is 68.7 Å². The average Bonchev–Trinajstić information content (AvgIpc) is 3.53. The molecule has 2 unspecified atom stereocenters. The Labute approximate surface area is 155 Å². The first-order chi connectivity index (χ1) is 12.5. The number of carbonyl (C=O) groups excluding carboxylic acids is 2. The summed E-state index contributed by atoms with van der Waals surface area (Å²) in [5.41, 5.74) is 2.72. The number of likely N-dealkylation sites (tertiary alicyclic amines) is 1. The topological polar surface area (TPSA) is 40.6 Å². The number of piperidine rings is 1. The number of likely N-dealkylation sites (N-methyl/N-ethyl adjacent to an activating group) is 1. The molecular formula is C22H28N2O2. The fourth-order valence-corrected chi connectivity index (χ4v) is 5.17. The molecule has 1 aromatic carbocycles. The first-order valence-electron chi connectivity index (χ1n) is 10.2. The highest BCUT2D eigenvalue weighted by Crippen LogP contribution is 2.52. The summed E-state index contributed by atoms with van der Waals surface area (Å²) < 4.78 is 0. The summed E-state index contributed by atoms with van der Waals surface area (Å²) in [6.07, 6.45) is 5.94. The third kappa shape index (κ3) is 2.45. The van der Waals surface area contributed by atoms with Gasteiger partial charge in [-0.1, -0.05) is 31.2 Å². The molecule has 0 aromatic heterocycles. The first-order valence-corrected chi connectivity index (χ1v) is 10.2. The molecule has 4 nitrogen and oxygen atoms in total. The van der Waals surface area contributed by atoms with Gasteiger partial charge in [0.1, 0.15) is 0 Å². The smallest absolute Gasteiger partial charge is 0.232 e. The van der Waals surface area contributed by atoms with Gasteiger partial charge in [0.25, 0.3) is 0 Å². The highest BCUT2D eigenvalue weighted by atomic mass is 16.2. The normalized spacial score (nSPS) is 33.5. The minimum Gasteiger partial charge on any atom is -0.301 e. The number of carbonyl (C=O) groups is 2. The van der Waals surface area contributed by atoms with E-state index in [1.807, 2.05) is 0 Å². The third-order valence-corrected chi connectivity index (χ3v) is 7.14. The van der Waals surface area contributed by atoms with Crippen LogP contribution in [-0.4, -0.2) is 41.2 Å². The van der Waals surface area contributed by atoms with Crippen molar-refractivity contribution in [3.05, 3.63) is 35.4 Å². The minimum absolute atomic E-state index is 0.0760. The van der Waals surface area contributed by atoms with E-state index in [0.29, 0.717) is 0 Å². The molecule has 2 amide bonds. The Hall–Kier alpha value is -1.68. The summed E-state index contributed by atoms with van der Waals surface area (Å²) in [7, 11) is 2.16. The monoisotopic (exact) mass is 352 g/mol. The number of fused-ring (bicyclic) bond motifs is 4. The molecule has 4 heteroatoms. The third-order valence-electron chi connectivity index (χ3n) is 7.14. The van der Waals surface area contributed by atoms with Crippen LogP contribution in [0.4, 0.5) is 0 Å². The minimum atomic E-state index is -0.120. The Kier molecular flexibility index (Phi) is 3.59. The molecule has 0 radical (unpaired) electrons. The van der Waals surface area contributed by atoms with Gasteiger partial charge < -0.3 is 4.90 Å². The van der Waals surface area contributed by atoms with Crippen LogP contribution < -0.4 is 0 Å². The predicted octanol–water partition coefficient (Wildman–Crippen LogP) is 3.27. The fourth-order valence-electron chi connectivity index (χ4n) is 5.17. The van der Waals surface area contributed by atoms with Crippen molar-refractivity contribution >= 4 is 11.8 Å². The maximum absolute atomic E-state index is 13.2. The molecule has 1 aromatic rings. The summed E-state index contributed by atoms with van der Waals surface area (Å²) in [6, 6.07) is 8.68. The second kappa shape index (κ2) is 5.66. The molecule has 2 bridgehead atoms. The number of hydrogen-bond acceptors (Lipinski definition) is 3. The maximum Gasteiger partial charge on any atom is 0.232 e. The van der Waals surface area contributed by atoms with Crippen molar-refractivity contribution in [1.82, 2.24) is 9.80 Å². The lowest BCUT2D eigenvalue weighted by atomic mass is 9.63. The van der Waals surface area contributed by atoms with Crippen LogP contribution in [0.5, 0.6) is 0 Å². The van der Waals surface area contributed by atoms with Crippen molar-refractivity contribution in [2.45, 2.75) is 62.9 Å². The van der Waals surface area contributed by atoms with Crippen LogP contribution in [0.3, 0.4) is 0 Å². The number of rotatable bonds is 3. The number of imide groups is 1. The molecular weight excluding hydrogens is 324 g/mol. The van der Waals surface area contributed by atoms with E-state index in [1.54, 1.807) is 4.90 Å². The molecule has 0 N–H and O–H groups in total. The van der Waals surface area contributed by atoms with Gasteiger partial charge in [0.2, 0.25) is 11.8 Å². The highest BCUT2D eigenvalue weighted by molar-refractivity contribution is 5.99. The molecule has 3 fully saturated rings. The van der Waals surface area contributed by atoms with Crippen LogP contribution in [0.1, 0.15) is 62.6 Å². The number of amides is 2. The quantitative estimate of drug-likeness (QED) is 0.784. The summed E-state index contributed by atoms with van der Waals surface area (Å²) in [4.78, 5) is 30.6. The molecule has 3 atom stereocenters. The second-order valence-electron chi connectivity index (χ2n) is 9.19. The summed E-state index contributed by atoms with van der Waals surface area (Å²) in [5, 5.41) is 0. The Bertz CT molecular complexity index is 743. The number of nitrogens with zero attached hydrogens (tertiary/aromatic N) is 2. The lowest BCUT2D eigenvalue weighted by Gasteiger charge is -2.54. The predicted molar refractivity (Wildman–Crippen MR) is 99.5 cm³/mol. The first kappa shape index (κ1) is 16.5. The summed E-state index contributed by atoms with van der Waals surface area (Å²) in [6.45, 7) is 3.38. The zero-order valence-corrected chi connectivity index (χ0v) is 15.8. The summed E-state index contributed by atoms with van der Waals surface area (Å²) >= 11 is 0. The van der Waals surface area contributed by atoms with Crippen LogP contribution in [0.2, 0.25) is 0 Å². The van der Waals surface area contributed by atoms with Crippen LogP contribution in [0.25, 0.3) is 0 Å². The number of benzene rings is 1. The molecule has 26 heavy (non-hydrogen) atoms. The molecule has 2 saturated carbocycles. The fraction of sp³-hybridized carbons (Fsp3) is 0.636. The molecule has 1 heterocycles. The lowest BCUT2D eigenvalue weighted by Crippen LogP contribution is -2.58. The van der Waals surface area contributed by atoms with E-state index in [4.69, 9.17) is 0 Å². The van der Waals surface area contributed by atoms with Gasteiger partial charge in [0.15, 0.2) is 0 Å². The molecule has 0 spiro atoms. The van der Waals surface area contributed by atoms with E-state index < -0.39 is 0 Å². The van der Waals surface area contributed by atoms with E-state index in [-0.39, 0.29) is 41.1 Å². The summed E-state index contributed by atoms with van der Waals surface area (Å²) in [5.74, 6) is 0.327. The number of hydrogen-bond donors (Lipinski definition) is 0. The average molecular weight is 352 g/mol. The lowest BCUT2D eigenvalue weighted by molar-refractivity contribution is -0.153. The Balaban J connectivity index is 1.64. The zero-order valence-electron chi connectivity index (χ0n) is 15.8. The van der Waals surface area contributed by atoms with Crippen LogP contribution in [0, 0.1) is 11.8 Å². The molecule has 5 rings (SSSR count). The Morgan fingerprint density at radius 1 is 1.08 bits per heavy atom. The highest BCUT2D eigenvalue weighted by Gasteiger charge is 2.53. The van der Waals surface area contributed by atoms with Gasteiger partial charge in [0.05, 0.1) is 6.04 Å². The van der Waals surface area contributed by atoms with E-state index in [9.17, 15) is 9.59 Å². The molecule has 3 aliphatic carbocycles. The van der Waals surface area contributed by atoms with Crippen LogP contribution in [0.15, 0.2) is 24.3 Å². The van der Waals surface area contributed by atoms with E-state index in [1.165, 1.54) is 11.1 Å². The van der Waals surface area contributed by atoms with Gasteiger partial charge in [-0.15, -0.1) is 0 Å². The van der Waals surface area contributed by atoms with Gasteiger partial charge in [0, 0.05) is 17.9 Å². The Morgan fingerprint density at radius 2 is 1.69 bits per heavy atom. The molecule has 1 saturated heterocycles. The molecule has 1 aliphatic heterocycles. The Morgan fingerprint density at radius 3 is 2.31 bits per heavy atom. The molecule has 4 aliphatic rings. The van der Waals surface area contributed by atoms with Crippen molar-refractivity contribution in [3.8, 4) is 0 Å². The zero-order chi connectivity index (χ0) is 18.1. The van der Waals surface area contributed by atoms with Crippen molar-refractivity contribution in [3.63, 3.8) is 0 Å². The van der Waals surface area contributed by atoms with Crippen molar-refractivity contribution < 1.29 is 9.59 Å².